The summed E-state index contributed by atoms with van der Waals surface area (Å²) in [5.74, 6) is 0.778. The quantitative estimate of drug-likeness (QED) is 0.730. The van der Waals surface area contributed by atoms with Crippen molar-refractivity contribution in [1.29, 1.82) is 0 Å². The van der Waals surface area contributed by atoms with Crippen LogP contribution >= 0.6 is 35.0 Å². The van der Waals surface area contributed by atoms with Gasteiger partial charge in [0.25, 0.3) is 0 Å². The molecule has 0 fully saturated rings. The van der Waals surface area contributed by atoms with Crippen molar-refractivity contribution in [2.24, 2.45) is 0 Å². The summed E-state index contributed by atoms with van der Waals surface area (Å²) in [4.78, 5) is 12.3. The zero-order chi connectivity index (χ0) is 11.3. The van der Waals surface area contributed by atoms with Gasteiger partial charge in [0.15, 0.2) is 0 Å². The van der Waals surface area contributed by atoms with Gasteiger partial charge in [0, 0.05) is 11.3 Å². The van der Waals surface area contributed by atoms with Crippen molar-refractivity contribution in [2.75, 3.05) is 5.75 Å². The molecule has 0 radical (unpaired) electrons. The molecule has 0 aliphatic heterocycles. The second kappa shape index (κ2) is 6.41. The smallest absolute Gasteiger partial charge is 0.143 e. The van der Waals surface area contributed by atoms with Crippen molar-refractivity contribution in [3.63, 3.8) is 0 Å². The Labute approximate surface area is 104 Å². The predicted molar refractivity (Wildman–Crippen MR) is 67.1 cm³/mol. The lowest BCUT2D eigenvalue weighted by Gasteiger charge is -2.02. The van der Waals surface area contributed by atoms with E-state index in [4.69, 9.17) is 23.2 Å². The van der Waals surface area contributed by atoms with Gasteiger partial charge in [-0.3, -0.25) is 4.79 Å². The van der Waals surface area contributed by atoms with E-state index in [1.165, 1.54) is 11.8 Å². The van der Waals surface area contributed by atoms with Gasteiger partial charge in [0.05, 0.1) is 15.8 Å². The molecule has 4 heteroatoms. The van der Waals surface area contributed by atoms with E-state index in [1.807, 2.05) is 13.0 Å². The summed E-state index contributed by atoms with van der Waals surface area (Å²) in [6, 6.07) is 5.41. The molecule has 0 saturated heterocycles. The van der Waals surface area contributed by atoms with E-state index in [9.17, 15) is 4.79 Å². The number of halogens is 2. The molecule has 0 aliphatic rings. The third kappa shape index (κ3) is 4.45. The largest absolute Gasteiger partial charge is 0.299 e. The van der Waals surface area contributed by atoms with Crippen molar-refractivity contribution in [3.8, 4) is 0 Å². The molecule has 0 heterocycles. The highest BCUT2D eigenvalue weighted by molar-refractivity contribution is 8.00. The fourth-order valence-electron chi connectivity index (χ4n) is 1.08. The van der Waals surface area contributed by atoms with E-state index in [0.717, 1.165) is 11.3 Å². The van der Waals surface area contributed by atoms with E-state index < -0.39 is 0 Å². The average molecular weight is 263 g/mol. The molecule has 82 valence electrons. The van der Waals surface area contributed by atoms with Gasteiger partial charge in [0.1, 0.15) is 5.78 Å². The zero-order valence-electron chi connectivity index (χ0n) is 8.43. The molecule has 0 amide bonds. The van der Waals surface area contributed by atoms with Gasteiger partial charge in [0.2, 0.25) is 0 Å². The molecule has 0 atom stereocenters. The highest BCUT2D eigenvalue weighted by Crippen LogP contribution is 2.27. The number of thioether (sulfide) groups is 1. The number of rotatable bonds is 5. The molecule has 0 N–H and O–H groups in total. The molecule has 1 aromatic rings. The molecule has 15 heavy (non-hydrogen) atoms. The number of carbonyl (C=O) groups excluding carboxylic acids is 1. The number of ketones is 1. The standard InChI is InChI=1S/C11H12Cl2OS/c1-2-3-8(14)7-15-9-4-5-10(12)11(13)6-9/h4-6H,2-3,7H2,1H3. The van der Waals surface area contributed by atoms with Crippen molar-refractivity contribution in [3.05, 3.63) is 28.2 Å². The van der Waals surface area contributed by atoms with Gasteiger partial charge >= 0.3 is 0 Å². The second-order valence-electron chi connectivity index (χ2n) is 3.15. The first kappa shape index (κ1) is 12.9. The molecular formula is C11H12Cl2OS. The summed E-state index contributed by atoms with van der Waals surface area (Å²) in [6.45, 7) is 2.00. The number of Topliss-reactive ketones (excluding diaryl/α,β-unsaturated/α-hetero) is 1. The van der Waals surface area contributed by atoms with Crippen LogP contribution in [0.3, 0.4) is 0 Å². The van der Waals surface area contributed by atoms with Gasteiger partial charge in [-0.2, -0.15) is 0 Å². The number of hydrogen-bond donors (Lipinski definition) is 0. The van der Waals surface area contributed by atoms with Crippen LogP contribution in [0.15, 0.2) is 23.1 Å². The Kier molecular flexibility index (Phi) is 5.51. The maximum atomic E-state index is 11.3. The summed E-state index contributed by atoms with van der Waals surface area (Å²) in [6.07, 6.45) is 1.55. The van der Waals surface area contributed by atoms with Crippen molar-refractivity contribution < 1.29 is 4.79 Å². The molecule has 0 aliphatic carbocycles. The van der Waals surface area contributed by atoms with Crippen molar-refractivity contribution in [2.45, 2.75) is 24.7 Å². The Morgan fingerprint density at radius 2 is 2.07 bits per heavy atom. The Hall–Kier alpha value is -0.180. The first-order valence-corrected chi connectivity index (χ1v) is 6.47. The first-order chi connectivity index (χ1) is 7.13. The second-order valence-corrected chi connectivity index (χ2v) is 5.02. The van der Waals surface area contributed by atoms with E-state index in [-0.39, 0.29) is 5.78 Å². The summed E-state index contributed by atoms with van der Waals surface area (Å²) in [7, 11) is 0. The van der Waals surface area contributed by atoms with E-state index >= 15 is 0 Å². The SMILES string of the molecule is CCCC(=O)CSc1ccc(Cl)c(Cl)c1. The van der Waals surface area contributed by atoms with Crippen LogP contribution < -0.4 is 0 Å². The minimum Gasteiger partial charge on any atom is -0.299 e. The topological polar surface area (TPSA) is 17.1 Å². The van der Waals surface area contributed by atoms with Crippen LogP contribution in [0.25, 0.3) is 0 Å². The predicted octanol–water partition coefficient (Wildman–Crippen LogP) is 4.45. The van der Waals surface area contributed by atoms with Crippen LogP contribution in [-0.4, -0.2) is 11.5 Å². The lowest BCUT2D eigenvalue weighted by molar-refractivity contribution is -0.116. The average Bonchev–Trinajstić information content (AvgIpc) is 2.20. The van der Waals surface area contributed by atoms with Crippen LogP contribution in [0, 0.1) is 0 Å². The van der Waals surface area contributed by atoms with E-state index in [1.54, 1.807) is 12.1 Å². The molecular weight excluding hydrogens is 251 g/mol. The van der Waals surface area contributed by atoms with Crippen LogP contribution in [0.2, 0.25) is 10.0 Å². The number of benzene rings is 1. The summed E-state index contributed by atoms with van der Waals surface area (Å²) < 4.78 is 0. The van der Waals surface area contributed by atoms with Gasteiger partial charge < -0.3 is 0 Å². The Bertz CT molecular complexity index is 352. The lowest BCUT2D eigenvalue weighted by Crippen LogP contribution is -1.99. The van der Waals surface area contributed by atoms with Crippen molar-refractivity contribution in [1.82, 2.24) is 0 Å². The van der Waals surface area contributed by atoms with Crippen molar-refractivity contribution >= 4 is 40.7 Å². The zero-order valence-corrected chi connectivity index (χ0v) is 10.8. The highest BCUT2D eigenvalue weighted by atomic mass is 35.5. The third-order valence-electron chi connectivity index (χ3n) is 1.82. The molecule has 0 aromatic heterocycles. The van der Waals surface area contributed by atoms with Crippen LogP contribution in [0.4, 0.5) is 0 Å². The minimum atomic E-state index is 0.272. The summed E-state index contributed by atoms with van der Waals surface area (Å²) >= 11 is 13.1. The third-order valence-corrected chi connectivity index (χ3v) is 3.61. The molecule has 1 aromatic carbocycles. The monoisotopic (exact) mass is 262 g/mol. The van der Waals surface area contributed by atoms with Gasteiger partial charge in [-0.25, -0.2) is 0 Å². The first-order valence-electron chi connectivity index (χ1n) is 4.73. The van der Waals surface area contributed by atoms with Gasteiger partial charge in [-0.1, -0.05) is 30.1 Å². The Morgan fingerprint density at radius 3 is 2.67 bits per heavy atom. The maximum absolute atomic E-state index is 11.3. The van der Waals surface area contributed by atoms with Crippen LogP contribution in [0.5, 0.6) is 0 Å². The Balaban J connectivity index is 2.51. The fraction of sp³-hybridized carbons (Fsp3) is 0.364. The summed E-state index contributed by atoms with van der Waals surface area (Å²) in [5, 5.41) is 1.07. The molecule has 0 bridgehead atoms. The van der Waals surface area contributed by atoms with Crippen LogP contribution in [-0.2, 0) is 4.79 Å². The highest BCUT2D eigenvalue weighted by Gasteiger charge is 2.03. The minimum absolute atomic E-state index is 0.272. The maximum Gasteiger partial charge on any atom is 0.143 e. The van der Waals surface area contributed by atoms with Gasteiger partial charge in [-0.05, 0) is 24.6 Å². The molecule has 0 unspecified atom stereocenters. The van der Waals surface area contributed by atoms with Gasteiger partial charge in [-0.15, -0.1) is 11.8 Å². The fourth-order valence-corrected chi connectivity index (χ4v) is 2.28. The number of carbonyl (C=O) groups is 1. The molecule has 1 rings (SSSR count). The van der Waals surface area contributed by atoms with Crippen LogP contribution in [0.1, 0.15) is 19.8 Å². The molecule has 1 nitrogen and oxygen atoms in total. The van der Waals surface area contributed by atoms with E-state index in [0.29, 0.717) is 22.2 Å². The molecule has 0 spiro atoms. The van der Waals surface area contributed by atoms with E-state index in [2.05, 4.69) is 0 Å². The lowest BCUT2D eigenvalue weighted by atomic mass is 10.3. The molecule has 0 saturated carbocycles. The normalized spacial score (nSPS) is 10.3. The Morgan fingerprint density at radius 1 is 1.33 bits per heavy atom. The summed E-state index contributed by atoms with van der Waals surface area (Å²) in [5.41, 5.74) is 0. The number of hydrogen-bond acceptors (Lipinski definition) is 2.